The maximum absolute atomic E-state index is 13.9. The van der Waals surface area contributed by atoms with E-state index in [1.165, 1.54) is 18.2 Å². The monoisotopic (exact) mass is 915 g/mol. The summed E-state index contributed by atoms with van der Waals surface area (Å²) in [6.45, 7) is 6.51. The van der Waals surface area contributed by atoms with Gasteiger partial charge in [0.05, 0.1) is 15.4 Å². The molecular formula is C46H51Cl2N7O7S. The fraction of sp³-hybridized carbons (Fsp3) is 0.326. The zero-order valence-corrected chi connectivity index (χ0v) is 37.8. The Morgan fingerprint density at radius 3 is 2.30 bits per heavy atom. The van der Waals surface area contributed by atoms with Crippen LogP contribution in [0.1, 0.15) is 28.8 Å². The van der Waals surface area contributed by atoms with E-state index in [-0.39, 0.29) is 23.0 Å². The number of hydrogen-bond donors (Lipinski definition) is 2. The number of nitro benzene ring substituents is 1. The van der Waals surface area contributed by atoms with Crippen molar-refractivity contribution >= 4 is 56.2 Å². The number of hydrogen-bond acceptors (Lipinski definition) is 12. The smallest absolute Gasteiger partial charge is 0.293 e. The third-order valence-electron chi connectivity index (χ3n) is 11.2. The first-order chi connectivity index (χ1) is 30.2. The van der Waals surface area contributed by atoms with Gasteiger partial charge in [-0.2, -0.15) is 0 Å². The Bertz CT molecular complexity index is 2530. The van der Waals surface area contributed by atoms with Gasteiger partial charge in [0.15, 0.2) is 0 Å². The number of ether oxygens (including phenoxy) is 2. The molecule has 17 heteroatoms. The molecule has 2 aliphatic rings. The number of piperazine rings is 1. The Kier molecular flexibility index (Phi) is 14.8. The summed E-state index contributed by atoms with van der Waals surface area (Å²) in [5.41, 5.74) is 3.82. The van der Waals surface area contributed by atoms with Gasteiger partial charge < -0.3 is 29.5 Å². The van der Waals surface area contributed by atoms with E-state index in [0.717, 1.165) is 79.8 Å². The lowest BCUT2D eigenvalue weighted by Crippen LogP contribution is -2.46. The van der Waals surface area contributed by atoms with E-state index < -0.39 is 31.4 Å². The maximum atomic E-state index is 13.9. The van der Waals surface area contributed by atoms with Crippen LogP contribution in [-0.4, -0.2) is 114 Å². The second-order valence-corrected chi connectivity index (χ2v) is 18.6. The average Bonchev–Trinajstić information content (AvgIpc) is 3.25. The summed E-state index contributed by atoms with van der Waals surface area (Å²) >= 11 is 12.5. The van der Waals surface area contributed by atoms with Gasteiger partial charge in [0, 0.05) is 73.2 Å². The molecule has 0 bridgehead atoms. The van der Waals surface area contributed by atoms with E-state index in [9.17, 15) is 23.3 Å². The number of halogens is 2. The van der Waals surface area contributed by atoms with Crippen molar-refractivity contribution in [2.24, 2.45) is 0 Å². The second-order valence-electron chi connectivity index (χ2n) is 16.1. The summed E-state index contributed by atoms with van der Waals surface area (Å²) in [7, 11) is 1.48. The van der Waals surface area contributed by atoms with Crippen LogP contribution >= 0.6 is 23.2 Å². The molecule has 0 saturated carbocycles. The summed E-state index contributed by atoms with van der Waals surface area (Å²) in [6.07, 6.45) is 1.57. The number of carbonyl (C=O) groups excluding carboxylic acids is 1. The predicted molar refractivity (Wildman–Crippen MR) is 248 cm³/mol. The molecule has 63 heavy (non-hydrogen) atoms. The third kappa shape index (κ3) is 12.0. The van der Waals surface area contributed by atoms with E-state index in [2.05, 4.69) is 41.8 Å². The molecule has 0 aromatic heterocycles. The van der Waals surface area contributed by atoms with E-state index in [4.69, 9.17) is 32.7 Å². The average molecular weight is 917 g/mol. The van der Waals surface area contributed by atoms with Gasteiger partial charge in [-0.15, -0.1) is 0 Å². The molecule has 5 aromatic rings. The Balaban J connectivity index is 1.08. The second kappa shape index (κ2) is 20.4. The van der Waals surface area contributed by atoms with Gasteiger partial charge in [0.2, 0.25) is 0 Å². The molecule has 332 valence electrons. The quantitative estimate of drug-likeness (QED) is 0.0725. The van der Waals surface area contributed by atoms with Crippen LogP contribution in [0.4, 0.5) is 17.1 Å². The highest BCUT2D eigenvalue weighted by Gasteiger charge is 2.28. The molecule has 1 amide bonds. The molecular weight excluding hydrogens is 866 g/mol. The van der Waals surface area contributed by atoms with Gasteiger partial charge in [-0.25, -0.2) is 13.1 Å². The normalized spacial score (nSPS) is 15.3. The first-order valence-corrected chi connectivity index (χ1v) is 23.0. The highest BCUT2D eigenvalue weighted by Crippen LogP contribution is 2.35. The molecule has 2 saturated heterocycles. The Labute approximate surface area is 378 Å². The number of nitrogens with zero attached hydrogens (tertiary/aromatic N) is 5. The molecule has 2 fully saturated rings. The summed E-state index contributed by atoms with van der Waals surface area (Å²) < 4.78 is 41.8. The number of nitro groups is 1. The van der Waals surface area contributed by atoms with Crippen LogP contribution in [-0.2, 0) is 16.6 Å². The third-order valence-corrected chi connectivity index (χ3v) is 13.0. The van der Waals surface area contributed by atoms with Crippen LogP contribution in [0.2, 0.25) is 10.0 Å². The molecule has 0 spiro atoms. The van der Waals surface area contributed by atoms with E-state index in [1.807, 2.05) is 51.5 Å². The molecule has 0 aliphatic carbocycles. The number of anilines is 2. The number of likely N-dealkylation sites (N-methyl/N-ethyl adjacent to an activating group) is 1. The van der Waals surface area contributed by atoms with E-state index in [1.54, 1.807) is 36.4 Å². The zero-order valence-electron chi connectivity index (χ0n) is 35.4. The topological polar surface area (TPSA) is 150 Å². The fourth-order valence-electron chi connectivity index (χ4n) is 7.65. The van der Waals surface area contributed by atoms with Crippen molar-refractivity contribution < 1.29 is 27.6 Å². The lowest BCUT2D eigenvalue weighted by atomic mass is 9.98. The summed E-state index contributed by atoms with van der Waals surface area (Å²) in [5.74, 6) is 0.285. The first kappa shape index (κ1) is 45.6. The Morgan fingerprint density at radius 1 is 0.857 bits per heavy atom. The van der Waals surface area contributed by atoms with Crippen LogP contribution in [0.3, 0.4) is 0 Å². The highest BCUT2D eigenvalue weighted by atomic mass is 35.5. The molecule has 7 rings (SSSR count). The van der Waals surface area contributed by atoms with Crippen LogP contribution in [0.15, 0.2) is 108 Å². The van der Waals surface area contributed by atoms with Crippen LogP contribution < -0.4 is 24.4 Å². The van der Waals surface area contributed by atoms with E-state index >= 15 is 0 Å². The molecule has 2 heterocycles. The fourth-order valence-corrected chi connectivity index (χ4v) is 8.94. The minimum Gasteiger partial charge on any atom is -0.492 e. The van der Waals surface area contributed by atoms with Crippen molar-refractivity contribution in [1.29, 1.82) is 0 Å². The van der Waals surface area contributed by atoms with E-state index in [0.29, 0.717) is 42.0 Å². The van der Waals surface area contributed by atoms with Gasteiger partial charge in [-0.05, 0) is 130 Å². The van der Waals surface area contributed by atoms with Crippen LogP contribution in [0.25, 0.3) is 11.1 Å². The number of sulfonamides is 1. The number of likely N-dealkylation sites (tertiary alicyclic amines) is 1. The van der Waals surface area contributed by atoms with Crippen molar-refractivity contribution in [2.75, 3.05) is 83.8 Å². The van der Waals surface area contributed by atoms with Crippen molar-refractivity contribution in [3.63, 3.8) is 0 Å². The van der Waals surface area contributed by atoms with Crippen molar-refractivity contribution in [3.05, 3.63) is 134 Å². The number of rotatable bonds is 16. The van der Waals surface area contributed by atoms with Crippen LogP contribution in [0.5, 0.6) is 17.2 Å². The summed E-state index contributed by atoms with van der Waals surface area (Å²) in [6, 6.07) is 29.3. The molecule has 0 unspecified atom stereocenters. The standard InChI is InChI=1S/C46H51Cl2N7O7S/c1-51(2)25-26-61-38-12-15-41(32-7-9-34(47)10-8-32)33(27-38)31-53-21-23-54(24-22-53)37-11-14-42(45(29-37)62-39-6-4-5-35(48)28-39)46(56)50-63(59,60)40-13-16-43(44(30-40)55(57)58)49-36-17-19-52(3)20-18-36/h4-16,27-30,36,49H,17-26,31H2,1-3H3,(H,50,56). The molecule has 5 aromatic carbocycles. The number of nitrogens with one attached hydrogen (secondary N) is 2. The maximum Gasteiger partial charge on any atom is 0.293 e. The SMILES string of the molecule is CN(C)CCOc1ccc(-c2ccc(Cl)cc2)c(CN2CCN(c3ccc(C(=O)NS(=O)(=O)c4ccc(NC5CCN(C)CC5)c([N+](=O)[O-])c4)c(Oc4cccc(Cl)c4)c3)CC2)c1. The van der Waals surface area contributed by atoms with Gasteiger partial charge in [-0.1, -0.05) is 47.5 Å². The minimum absolute atomic E-state index is 0.00196. The Morgan fingerprint density at radius 2 is 1.60 bits per heavy atom. The number of piperidine rings is 1. The number of carbonyl (C=O) groups is 1. The lowest BCUT2D eigenvalue weighted by molar-refractivity contribution is -0.384. The molecule has 2 N–H and O–H groups in total. The van der Waals surface area contributed by atoms with Crippen molar-refractivity contribution in [2.45, 2.75) is 30.3 Å². The van der Waals surface area contributed by atoms with Gasteiger partial charge >= 0.3 is 0 Å². The lowest BCUT2D eigenvalue weighted by Gasteiger charge is -2.36. The Hall–Kier alpha value is -5.42. The van der Waals surface area contributed by atoms with Crippen molar-refractivity contribution in [1.82, 2.24) is 19.4 Å². The van der Waals surface area contributed by atoms with Gasteiger partial charge in [-0.3, -0.25) is 19.8 Å². The highest BCUT2D eigenvalue weighted by molar-refractivity contribution is 7.90. The number of amides is 1. The first-order valence-electron chi connectivity index (χ1n) is 20.7. The molecule has 0 atom stereocenters. The summed E-state index contributed by atoms with van der Waals surface area (Å²) in [5, 5.41) is 16.4. The van der Waals surface area contributed by atoms with Gasteiger partial charge in [0.25, 0.3) is 21.6 Å². The van der Waals surface area contributed by atoms with Crippen LogP contribution in [0, 0.1) is 10.1 Å². The largest absolute Gasteiger partial charge is 0.492 e. The minimum atomic E-state index is -4.56. The zero-order chi connectivity index (χ0) is 44.7. The summed E-state index contributed by atoms with van der Waals surface area (Å²) in [4.78, 5) is 33.7. The predicted octanol–water partition coefficient (Wildman–Crippen LogP) is 8.25. The van der Waals surface area contributed by atoms with Crippen molar-refractivity contribution in [3.8, 4) is 28.4 Å². The molecule has 2 aliphatic heterocycles. The molecule has 0 radical (unpaired) electrons. The molecule has 14 nitrogen and oxygen atoms in total. The van der Waals surface area contributed by atoms with Gasteiger partial charge in [0.1, 0.15) is 29.5 Å². The number of benzene rings is 5.